The minimum Gasteiger partial charge on any atom is -0.421 e. The summed E-state index contributed by atoms with van der Waals surface area (Å²) in [6.45, 7) is -0.125. The molecule has 26 heavy (non-hydrogen) atoms. The molecule has 0 saturated carbocycles. The lowest BCUT2D eigenvalue weighted by atomic mass is 9.97. The third kappa shape index (κ3) is 4.31. The summed E-state index contributed by atoms with van der Waals surface area (Å²) >= 11 is 0. The average molecular weight is 342 g/mol. The van der Waals surface area contributed by atoms with Crippen molar-refractivity contribution in [1.82, 2.24) is 0 Å². The third-order valence-electron chi connectivity index (χ3n) is 3.88. The molecule has 0 aliphatic heterocycles. The van der Waals surface area contributed by atoms with Crippen LogP contribution in [0.3, 0.4) is 0 Å². The topological polar surface area (TPSA) is 35.5 Å². The minimum absolute atomic E-state index is 0.125. The van der Waals surface area contributed by atoms with Crippen molar-refractivity contribution in [2.24, 2.45) is 0 Å². The van der Waals surface area contributed by atoms with Gasteiger partial charge in [-0.1, -0.05) is 84.8 Å². The van der Waals surface area contributed by atoms with Crippen LogP contribution in [0.5, 0.6) is 5.75 Å². The predicted octanol–water partition coefficient (Wildman–Crippen LogP) is 5.09. The number of terminal acetylenes is 1. The molecule has 0 bridgehead atoms. The van der Waals surface area contributed by atoms with Crippen LogP contribution in [0.25, 0.3) is 11.1 Å². The number of rotatable bonds is 5. The number of hydrogen-bond acceptors (Lipinski definition) is 3. The zero-order chi connectivity index (χ0) is 18.2. The molecule has 3 aromatic rings. The Bertz CT molecular complexity index is 909. The molecule has 0 heterocycles. The van der Waals surface area contributed by atoms with E-state index in [1.807, 2.05) is 78.9 Å². The maximum absolute atomic E-state index is 12.0. The molecule has 0 aliphatic carbocycles. The van der Waals surface area contributed by atoms with Crippen molar-refractivity contribution in [3.63, 3.8) is 0 Å². The number of para-hydroxylation sites is 1. The molecule has 3 aromatic carbocycles. The lowest BCUT2D eigenvalue weighted by Gasteiger charge is -2.15. The first kappa shape index (κ1) is 17.3. The molecule has 0 unspecified atom stereocenters. The van der Waals surface area contributed by atoms with Gasteiger partial charge in [0.2, 0.25) is 0 Å². The van der Waals surface area contributed by atoms with Gasteiger partial charge in [0.05, 0.1) is 0 Å². The fraction of sp³-hybridized carbons (Fsp3) is 0.0870. The van der Waals surface area contributed by atoms with Gasteiger partial charge < -0.3 is 9.47 Å². The van der Waals surface area contributed by atoms with E-state index < -0.39 is 6.16 Å². The molecule has 3 nitrogen and oxygen atoms in total. The first-order chi connectivity index (χ1) is 12.8. The average Bonchev–Trinajstić information content (AvgIpc) is 2.69. The van der Waals surface area contributed by atoms with Gasteiger partial charge in [-0.15, -0.1) is 6.42 Å². The monoisotopic (exact) mass is 342 g/mol. The Balaban J connectivity index is 2.00. The van der Waals surface area contributed by atoms with Gasteiger partial charge in [-0.05, 0) is 11.1 Å². The van der Waals surface area contributed by atoms with Crippen molar-refractivity contribution in [1.29, 1.82) is 0 Å². The summed E-state index contributed by atoms with van der Waals surface area (Å²) in [5, 5.41) is 0. The highest BCUT2D eigenvalue weighted by atomic mass is 16.7. The Morgan fingerprint density at radius 3 is 2.27 bits per heavy atom. The number of ether oxygens (including phenoxy) is 2. The van der Waals surface area contributed by atoms with E-state index in [4.69, 9.17) is 15.9 Å². The van der Waals surface area contributed by atoms with Crippen molar-refractivity contribution in [3.05, 3.63) is 90.0 Å². The van der Waals surface area contributed by atoms with Gasteiger partial charge >= 0.3 is 6.16 Å². The van der Waals surface area contributed by atoms with Crippen molar-refractivity contribution < 1.29 is 14.3 Å². The van der Waals surface area contributed by atoms with Gasteiger partial charge in [0.15, 0.2) is 6.61 Å². The van der Waals surface area contributed by atoms with Crippen molar-refractivity contribution >= 4 is 6.16 Å². The van der Waals surface area contributed by atoms with Crippen LogP contribution in [-0.2, 0) is 11.2 Å². The van der Waals surface area contributed by atoms with Gasteiger partial charge in [-0.2, -0.15) is 0 Å². The summed E-state index contributed by atoms with van der Waals surface area (Å²) in [6.07, 6.45) is 4.97. The highest BCUT2D eigenvalue weighted by Crippen LogP contribution is 2.34. The van der Waals surface area contributed by atoms with Crippen LogP contribution in [0, 0.1) is 12.3 Å². The van der Waals surface area contributed by atoms with Crippen LogP contribution in [0.4, 0.5) is 4.79 Å². The molecule has 0 N–H and O–H groups in total. The van der Waals surface area contributed by atoms with Gasteiger partial charge in [0.1, 0.15) is 5.75 Å². The molecule has 3 rings (SSSR count). The fourth-order valence-corrected chi connectivity index (χ4v) is 2.72. The van der Waals surface area contributed by atoms with E-state index in [0.717, 1.165) is 22.3 Å². The Morgan fingerprint density at radius 2 is 1.58 bits per heavy atom. The molecule has 0 saturated heterocycles. The van der Waals surface area contributed by atoms with E-state index in [9.17, 15) is 4.79 Å². The minimum atomic E-state index is -0.805. The second kappa shape index (κ2) is 8.55. The second-order valence-electron chi connectivity index (χ2n) is 5.67. The summed E-state index contributed by atoms with van der Waals surface area (Å²) in [4.78, 5) is 12.0. The number of benzene rings is 3. The van der Waals surface area contributed by atoms with E-state index in [2.05, 4.69) is 5.92 Å². The molecule has 0 radical (unpaired) electrons. The van der Waals surface area contributed by atoms with E-state index in [0.29, 0.717) is 12.2 Å². The Kier molecular flexibility index (Phi) is 5.69. The van der Waals surface area contributed by atoms with Gasteiger partial charge in [0.25, 0.3) is 0 Å². The van der Waals surface area contributed by atoms with Crippen molar-refractivity contribution in [2.45, 2.75) is 6.42 Å². The molecule has 0 aliphatic rings. The van der Waals surface area contributed by atoms with Crippen LogP contribution < -0.4 is 4.74 Å². The SMILES string of the molecule is C#CCOC(=O)Oc1c(Cc2ccccc2)cccc1-c1ccccc1. The lowest BCUT2D eigenvalue weighted by molar-refractivity contribution is 0.111. The molecule has 0 spiro atoms. The summed E-state index contributed by atoms with van der Waals surface area (Å²) in [6, 6.07) is 25.6. The normalized spacial score (nSPS) is 9.96. The number of hydrogen-bond donors (Lipinski definition) is 0. The van der Waals surface area contributed by atoms with E-state index in [1.165, 1.54) is 0 Å². The van der Waals surface area contributed by atoms with Crippen molar-refractivity contribution in [3.8, 4) is 29.2 Å². The van der Waals surface area contributed by atoms with Crippen LogP contribution in [0.15, 0.2) is 78.9 Å². The first-order valence-corrected chi connectivity index (χ1v) is 8.27. The number of carbonyl (C=O) groups is 1. The lowest BCUT2D eigenvalue weighted by Crippen LogP contribution is -2.12. The van der Waals surface area contributed by atoms with Gasteiger partial charge in [-0.25, -0.2) is 4.79 Å². The largest absolute Gasteiger partial charge is 0.514 e. The summed E-state index contributed by atoms with van der Waals surface area (Å²) in [5.41, 5.74) is 3.81. The highest BCUT2D eigenvalue weighted by Gasteiger charge is 2.16. The Morgan fingerprint density at radius 1 is 0.885 bits per heavy atom. The molecule has 128 valence electrons. The molecule has 0 atom stereocenters. The smallest absolute Gasteiger partial charge is 0.421 e. The zero-order valence-corrected chi connectivity index (χ0v) is 14.2. The summed E-state index contributed by atoms with van der Waals surface area (Å²) in [7, 11) is 0. The maximum Gasteiger partial charge on any atom is 0.514 e. The van der Waals surface area contributed by atoms with E-state index >= 15 is 0 Å². The van der Waals surface area contributed by atoms with Crippen LogP contribution in [-0.4, -0.2) is 12.8 Å². The number of carbonyl (C=O) groups excluding carboxylic acids is 1. The standard InChI is InChI=1S/C23H18O3/c1-2-16-25-23(24)26-22-20(17-18-10-5-3-6-11-18)14-9-15-21(22)19-12-7-4-8-13-19/h1,3-15H,16-17H2. The zero-order valence-electron chi connectivity index (χ0n) is 14.2. The quantitative estimate of drug-likeness (QED) is 0.368. The molecule has 0 fully saturated rings. The molecule has 0 aromatic heterocycles. The van der Waals surface area contributed by atoms with Crippen molar-refractivity contribution in [2.75, 3.05) is 6.61 Å². The van der Waals surface area contributed by atoms with Gasteiger partial charge in [-0.3, -0.25) is 0 Å². The van der Waals surface area contributed by atoms with E-state index in [1.54, 1.807) is 0 Å². The van der Waals surface area contributed by atoms with Crippen LogP contribution >= 0.6 is 0 Å². The third-order valence-corrected chi connectivity index (χ3v) is 3.88. The summed E-state index contributed by atoms with van der Waals surface area (Å²) < 4.78 is 10.4. The van der Waals surface area contributed by atoms with Gasteiger partial charge in [0, 0.05) is 17.5 Å². The predicted molar refractivity (Wildman–Crippen MR) is 102 cm³/mol. The van der Waals surface area contributed by atoms with E-state index in [-0.39, 0.29) is 6.61 Å². The molecular weight excluding hydrogens is 324 g/mol. The Hall–Kier alpha value is -3.51. The molecule has 0 amide bonds. The fourth-order valence-electron chi connectivity index (χ4n) is 2.72. The Labute approximate surface area is 153 Å². The highest BCUT2D eigenvalue weighted by molar-refractivity contribution is 5.76. The summed E-state index contributed by atoms with van der Waals surface area (Å²) in [5.74, 6) is 2.75. The molecule has 3 heteroatoms. The second-order valence-corrected chi connectivity index (χ2v) is 5.67. The van der Waals surface area contributed by atoms with Crippen LogP contribution in [0.1, 0.15) is 11.1 Å². The first-order valence-electron chi connectivity index (χ1n) is 8.27. The molecular formula is C23H18O3. The maximum atomic E-state index is 12.0. The van der Waals surface area contributed by atoms with Crippen LogP contribution in [0.2, 0.25) is 0 Å².